The summed E-state index contributed by atoms with van der Waals surface area (Å²) in [6.07, 6.45) is 5.86. The predicted octanol–water partition coefficient (Wildman–Crippen LogP) is 4.38. The summed E-state index contributed by atoms with van der Waals surface area (Å²) in [4.78, 5) is 0. The van der Waals surface area contributed by atoms with Crippen LogP contribution in [0.25, 0.3) is 0 Å². The van der Waals surface area contributed by atoms with Gasteiger partial charge in [0, 0.05) is 0 Å². The molecule has 1 fully saturated rings. The standard InChI is InChI=1S/C8H15.2CH3.ClH.Ti/c1-7(2)8-5-3-4-6-8;;;;/h8H,3-6H2,1-2H3;2*1H3;1H;/q3*-1;;+4/p-1. The summed E-state index contributed by atoms with van der Waals surface area (Å²) < 4.78 is 0. The molecule has 0 radical (unpaired) electrons. The third-order valence-corrected chi connectivity index (χ3v) is 2.17. The monoisotopic (exact) mass is 224 g/mol. The van der Waals surface area contributed by atoms with E-state index in [0.29, 0.717) is 0 Å². The molecule has 0 aliphatic heterocycles. The number of rotatable bonds is 1. The van der Waals surface area contributed by atoms with E-state index in [0.717, 1.165) is 5.92 Å². The van der Waals surface area contributed by atoms with Gasteiger partial charge in [0.15, 0.2) is 0 Å². The summed E-state index contributed by atoms with van der Waals surface area (Å²) in [6.45, 7) is 4.52. The van der Waals surface area contributed by atoms with Crippen molar-refractivity contribution in [1.82, 2.24) is 0 Å². The second kappa shape index (κ2) is 12.0. The Morgan fingerprint density at radius 1 is 1.08 bits per heavy atom. The van der Waals surface area contributed by atoms with Gasteiger partial charge in [-0.2, -0.15) is 19.8 Å². The molecule has 0 bridgehead atoms. The zero-order valence-corrected chi connectivity index (χ0v) is 11.1. The van der Waals surface area contributed by atoms with Crippen molar-refractivity contribution in [3.05, 3.63) is 20.8 Å². The van der Waals surface area contributed by atoms with Gasteiger partial charge in [-0.3, -0.25) is 0 Å². The van der Waals surface area contributed by atoms with Gasteiger partial charge in [-0.1, -0.05) is 25.7 Å². The van der Waals surface area contributed by atoms with Gasteiger partial charge >= 0.3 is 28.7 Å². The fourth-order valence-electron chi connectivity index (χ4n) is 1.50. The normalized spacial score (nSPS) is 15.8. The number of halogens is 1. The van der Waals surface area contributed by atoms with Crippen LogP contribution in [0.15, 0.2) is 0 Å². The Labute approximate surface area is 94.7 Å². The van der Waals surface area contributed by atoms with Crippen molar-refractivity contribution in [2.24, 2.45) is 5.92 Å². The molecule has 0 spiro atoms. The minimum absolute atomic E-state index is 0. The molecule has 1 aliphatic rings. The summed E-state index contributed by atoms with van der Waals surface area (Å²) in [7, 11) is 4.64. The van der Waals surface area contributed by atoms with Gasteiger partial charge in [0.05, 0.1) is 0 Å². The van der Waals surface area contributed by atoms with Crippen LogP contribution in [0.2, 0.25) is 0 Å². The Hall–Kier alpha value is 1.00. The molecule has 0 heterocycles. The van der Waals surface area contributed by atoms with Crippen molar-refractivity contribution < 1.29 is 19.4 Å². The molecule has 72 valence electrons. The van der Waals surface area contributed by atoms with Crippen LogP contribution < -0.4 is 0 Å². The topological polar surface area (TPSA) is 0 Å². The van der Waals surface area contributed by atoms with E-state index in [2.05, 4.69) is 23.2 Å². The van der Waals surface area contributed by atoms with Crippen molar-refractivity contribution in [2.45, 2.75) is 39.5 Å². The molecular weight excluding hydrogens is 203 g/mol. The first-order valence-electron chi connectivity index (χ1n) is 3.79. The molecule has 1 saturated carbocycles. The van der Waals surface area contributed by atoms with Crippen LogP contribution in [0.1, 0.15) is 39.5 Å². The van der Waals surface area contributed by atoms with Crippen LogP contribution in [-0.4, -0.2) is 0 Å². The first kappa shape index (κ1) is 18.7. The molecule has 12 heavy (non-hydrogen) atoms. The molecule has 1 aliphatic carbocycles. The Morgan fingerprint density at radius 2 is 1.42 bits per heavy atom. The SMILES string of the molecule is C[C-](C)C1CCCC1.[CH3-].[CH3-].[Cl][Ti+3]. The van der Waals surface area contributed by atoms with E-state index >= 15 is 0 Å². The van der Waals surface area contributed by atoms with Gasteiger partial charge in [-0.15, -0.1) is 0 Å². The van der Waals surface area contributed by atoms with E-state index < -0.39 is 0 Å². The summed E-state index contributed by atoms with van der Waals surface area (Å²) >= 11 is 1.47. The average Bonchev–Trinajstić information content (AvgIpc) is 2.42. The van der Waals surface area contributed by atoms with Gasteiger partial charge in [0.1, 0.15) is 0 Å². The van der Waals surface area contributed by atoms with Crippen molar-refractivity contribution in [2.75, 3.05) is 0 Å². The van der Waals surface area contributed by atoms with Gasteiger partial charge in [0.2, 0.25) is 0 Å². The van der Waals surface area contributed by atoms with Crippen molar-refractivity contribution >= 4 is 9.30 Å². The van der Waals surface area contributed by atoms with Crippen molar-refractivity contribution in [3.8, 4) is 0 Å². The van der Waals surface area contributed by atoms with Gasteiger partial charge in [0.25, 0.3) is 0 Å². The second-order valence-corrected chi connectivity index (χ2v) is 3.06. The molecule has 0 nitrogen and oxygen atoms in total. The molecule has 0 N–H and O–H groups in total. The fraction of sp³-hybridized carbons (Fsp3) is 0.700. The first-order valence-corrected chi connectivity index (χ1v) is 5.94. The number of hydrogen-bond donors (Lipinski definition) is 0. The third-order valence-electron chi connectivity index (χ3n) is 2.17. The quantitative estimate of drug-likeness (QED) is 0.458. The maximum absolute atomic E-state index is 4.64. The van der Waals surface area contributed by atoms with E-state index in [-0.39, 0.29) is 14.9 Å². The minimum atomic E-state index is 0. The Kier molecular flexibility index (Phi) is 18.7. The van der Waals surface area contributed by atoms with E-state index in [1.165, 1.54) is 45.1 Å². The van der Waals surface area contributed by atoms with Crippen LogP contribution >= 0.6 is 9.30 Å². The van der Waals surface area contributed by atoms with Crippen molar-refractivity contribution in [1.29, 1.82) is 0 Å². The fourth-order valence-corrected chi connectivity index (χ4v) is 1.50. The van der Waals surface area contributed by atoms with Crippen molar-refractivity contribution in [3.63, 3.8) is 0 Å². The molecule has 1 rings (SSSR count). The summed E-state index contributed by atoms with van der Waals surface area (Å²) in [5, 5.41) is 0. The molecule has 2 heteroatoms. The zero-order chi connectivity index (χ0) is 7.98. The molecular formula is C10H21ClTi. The molecule has 0 aromatic heterocycles. The Balaban J connectivity index is -0.000000189. The van der Waals surface area contributed by atoms with E-state index in [1.54, 1.807) is 5.92 Å². The van der Waals surface area contributed by atoms with Crippen LogP contribution in [0.5, 0.6) is 0 Å². The number of hydrogen-bond acceptors (Lipinski definition) is 0. The van der Waals surface area contributed by atoms with Gasteiger partial charge < -0.3 is 20.8 Å². The predicted molar refractivity (Wildman–Crippen MR) is 55.2 cm³/mol. The molecule has 0 unspecified atom stereocenters. The molecule has 0 amide bonds. The first-order chi connectivity index (χ1) is 4.80. The van der Waals surface area contributed by atoms with E-state index in [9.17, 15) is 0 Å². The third kappa shape index (κ3) is 7.64. The molecule has 0 saturated heterocycles. The van der Waals surface area contributed by atoms with E-state index in [1.807, 2.05) is 0 Å². The van der Waals surface area contributed by atoms with Crippen LogP contribution in [0.3, 0.4) is 0 Å². The summed E-state index contributed by atoms with van der Waals surface area (Å²) in [6, 6.07) is 0. The van der Waals surface area contributed by atoms with Crippen LogP contribution in [0.4, 0.5) is 0 Å². The molecule has 0 atom stereocenters. The Morgan fingerprint density at radius 3 is 1.58 bits per heavy atom. The summed E-state index contributed by atoms with van der Waals surface area (Å²) in [5.41, 5.74) is 0. The van der Waals surface area contributed by atoms with Gasteiger partial charge in [-0.25, -0.2) is 0 Å². The molecule has 0 aromatic carbocycles. The van der Waals surface area contributed by atoms with E-state index in [4.69, 9.17) is 0 Å². The molecule has 0 aromatic rings. The zero-order valence-electron chi connectivity index (χ0n) is 8.78. The average molecular weight is 225 g/mol. The van der Waals surface area contributed by atoms with Gasteiger partial charge in [-0.05, 0) is 0 Å². The second-order valence-electron chi connectivity index (χ2n) is 3.06. The van der Waals surface area contributed by atoms with Crippen LogP contribution in [-0.2, 0) is 19.4 Å². The maximum atomic E-state index is 4.64. The summed E-state index contributed by atoms with van der Waals surface area (Å²) in [5.74, 6) is 2.62. The Bertz CT molecular complexity index is 68.2. The van der Waals surface area contributed by atoms with Crippen LogP contribution in [0, 0.1) is 26.7 Å².